The first-order chi connectivity index (χ1) is 11.1. The highest BCUT2D eigenvalue weighted by molar-refractivity contribution is 7.80. The molecule has 1 aromatic carbocycles. The van der Waals surface area contributed by atoms with Gasteiger partial charge in [-0.2, -0.15) is 18.3 Å². The molecule has 0 aliphatic heterocycles. The van der Waals surface area contributed by atoms with Gasteiger partial charge in [0.2, 0.25) is 0 Å². The van der Waals surface area contributed by atoms with Gasteiger partial charge in [0.15, 0.2) is 10.9 Å². The Bertz CT molecular complexity index is 722. The number of nitrogens with zero attached hydrogens (tertiary/aromatic N) is 2. The molecule has 1 aromatic heterocycles. The van der Waals surface area contributed by atoms with Crippen molar-refractivity contribution in [3.63, 3.8) is 0 Å². The molecule has 0 radical (unpaired) electrons. The molecule has 2 aromatic rings. The van der Waals surface area contributed by atoms with Crippen molar-refractivity contribution in [1.82, 2.24) is 15.1 Å². The third kappa shape index (κ3) is 4.95. The molecule has 4 nitrogen and oxygen atoms in total. The van der Waals surface area contributed by atoms with Crippen LogP contribution >= 0.6 is 12.2 Å². The Labute approximate surface area is 144 Å². The van der Waals surface area contributed by atoms with E-state index in [4.69, 9.17) is 12.2 Å². The SMILES string of the molecule is Cc1cc(NC(=S)NC(C)C)nn1Cc1cccc(C(F)(F)F)c1. The van der Waals surface area contributed by atoms with Crippen LogP contribution in [0.15, 0.2) is 30.3 Å². The monoisotopic (exact) mass is 356 g/mol. The maximum Gasteiger partial charge on any atom is 0.416 e. The zero-order valence-electron chi connectivity index (χ0n) is 13.6. The Morgan fingerprint density at radius 1 is 1.29 bits per heavy atom. The third-order valence-electron chi connectivity index (χ3n) is 3.23. The first-order valence-electron chi connectivity index (χ1n) is 7.43. The second-order valence-corrected chi connectivity index (χ2v) is 6.19. The minimum absolute atomic E-state index is 0.193. The van der Waals surface area contributed by atoms with Gasteiger partial charge in [0, 0.05) is 17.8 Å². The van der Waals surface area contributed by atoms with Crippen LogP contribution in [0.5, 0.6) is 0 Å². The lowest BCUT2D eigenvalue weighted by Crippen LogP contribution is -2.34. The fourth-order valence-electron chi connectivity index (χ4n) is 2.16. The number of hydrogen-bond donors (Lipinski definition) is 2. The fraction of sp³-hybridized carbons (Fsp3) is 0.375. The van der Waals surface area contributed by atoms with Crippen LogP contribution in [0.2, 0.25) is 0 Å². The van der Waals surface area contributed by atoms with E-state index in [-0.39, 0.29) is 12.6 Å². The van der Waals surface area contributed by atoms with E-state index in [2.05, 4.69) is 15.7 Å². The van der Waals surface area contributed by atoms with Crippen LogP contribution < -0.4 is 10.6 Å². The van der Waals surface area contributed by atoms with Gasteiger partial charge >= 0.3 is 6.18 Å². The number of benzene rings is 1. The number of alkyl halides is 3. The second kappa shape index (κ2) is 7.21. The molecule has 0 fully saturated rings. The number of halogens is 3. The predicted molar refractivity (Wildman–Crippen MR) is 92.0 cm³/mol. The summed E-state index contributed by atoms with van der Waals surface area (Å²) < 4.78 is 40.0. The minimum Gasteiger partial charge on any atom is -0.360 e. The van der Waals surface area contributed by atoms with E-state index >= 15 is 0 Å². The normalized spacial score (nSPS) is 11.6. The Hall–Kier alpha value is -2.09. The predicted octanol–water partition coefficient (Wildman–Crippen LogP) is 3.95. The molecule has 0 bridgehead atoms. The minimum atomic E-state index is -4.35. The maximum atomic E-state index is 12.8. The molecule has 8 heteroatoms. The third-order valence-corrected chi connectivity index (χ3v) is 3.45. The van der Waals surface area contributed by atoms with E-state index in [1.54, 1.807) is 16.8 Å². The molecule has 2 rings (SSSR count). The van der Waals surface area contributed by atoms with Gasteiger partial charge in [0.05, 0.1) is 12.1 Å². The van der Waals surface area contributed by atoms with Crippen LogP contribution in [0.25, 0.3) is 0 Å². The number of nitrogens with one attached hydrogen (secondary N) is 2. The molecule has 130 valence electrons. The average molecular weight is 356 g/mol. The molecule has 1 heterocycles. The highest BCUT2D eigenvalue weighted by Gasteiger charge is 2.30. The van der Waals surface area contributed by atoms with Gasteiger partial charge in [-0.25, -0.2) is 0 Å². The van der Waals surface area contributed by atoms with Crippen molar-refractivity contribution < 1.29 is 13.2 Å². The number of aromatic nitrogens is 2. The molecule has 0 spiro atoms. The Morgan fingerprint density at radius 2 is 2.00 bits per heavy atom. The molecule has 0 atom stereocenters. The van der Waals surface area contributed by atoms with E-state index in [1.807, 2.05) is 20.8 Å². The van der Waals surface area contributed by atoms with Crippen LogP contribution in [-0.4, -0.2) is 20.9 Å². The summed E-state index contributed by atoms with van der Waals surface area (Å²) >= 11 is 5.16. The summed E-state index contributed by atoms with van der Waals surface area (Å²) in [5.41, 5.74) is 0.693. The van der Waals surface area contributed by atoms with E-state index in [9.17, 15) is 13.2 Å². The van der Waals surface area contributed by atoms with Gasteiger partial charge in [-0.05, 0) is 50.7 Å². The van der Waals surface area contributed by atoms with Crippen molar-refractivity contribution in [2.45, 2.75) is 39.5 Å². The molecule has 0 aliphatic carbocycles. The Balaban J connectivity index is 2.12. The molecule has 0 amide bonds. The standard InChI is InChI=1S/C16H19F3N4S/c1-10(2)20-15(24)21-14-7-11(3)23(22-14)9-12-5-4-6-13(8-12)16(17,18)19/h4-8,10H,9H2,1-3H3,(H2,20,21,22,24). The van der Waals surface area contributed by atoms with Crippen molar-refractivity contribution in [3.8, 4) is 0 Å². The lowest BCUT2D eigenvalue weighted by Gasteiger charge is -2.11. The average Bonchev–Trinajstić information content (AvgIpc) is 2.77. The molecule has 0 saturated carbocycles. The zero-order valence-corrected chi connectivity index (χ0v) is 14.4. The molecule has 0 saturated heterocycles. The van der Waals surface area contributed by atoms with Crippen molar-refractivity contribution in [3.05, 3.63) is 47.2 Å². The Kier molecular flexibility index (Phi) is 5.48. The van der Waals surface area contributed by atoms with Crippen LogP contribution in [0.1, 0.15) is 30.7 Å². The van der Waals surface area contributed by atoms with E-state index in [0.717, 1.165) is 17.8 Å². The Morgan fingerprint density at radius 3 is 2.62 bits per heavy atom. The molecule has 0 aliphatic rings. The molecular weight excluding hydrogens is 337 g/mol. The smallest absolute Gasteiger partial charge is 0.360 e. The van der Waals surface area contributed by atoms with Crippen molar-refractivity contribution in [2.24, 2.45) is 0 Å². The van der Waals surface area contributed by atoms with Crippen molar-refractivity contribution in [2.75, 3.05) is 5.32 Å². The number of anilines is 1. The van der Waals surface area contributed by atoms with Gasteiger partial charge in [-0.1, -0.05) is 12.1 Å². The quantitative estimate of drug-likeness (QED) is 0.814. The van der Waals surface area contributed by atoms with Gasteiger partial charge < -0.3 is 10.6 Å². The summed E-state index contributed by atoms with van der Waals surface area (Å²) in [5.74, 6) is 0.553. The molecule has 24 heavy (non-hydrogen) atoms. The summed E-state index contributed by atoms with van der Waals surface area (Å²) in [7, 11) is 0. The van der Waals surface area contributed by atoms with E-state index < -0.39 is 11.7 Å². The largest absolute Gasteiger partial charge is 0.416 e. The lowest BCUT2D eigenvalue weighted by molar-refractivity contribution is -0.137. The molecule has 0 unspecified atom stereocenters. The first-order valence-corrected chi connectivity index (χ1v) is 7.84. The number of thiocarbonyl (C=S) groups is 1. The van der Waals surface area contributed by atoms with Gasteiger partial charge in [0.25, 0.3) is 0 Å². The number of rotatable bonds is 4. The van der Waals surface area contributed by atoms with Gasteiger partial charge in [-0.3, -0.25) is 4.68 Å². The molecular formula is C16H19F3N4S. The lowest BCUT2D eigenvalue weighted by atomic mass is 10.1. The fourth-order valence-corrected chi connectivity index (χ4v) is 2.51. The number of aryl methyl sites for hydroxylation is 1. The van der Waals surface area contributed by atoms with Crippen LogP contribution in [-0.2, 0) is 12.7 Å². The summed E-state index contributed by atoms with van der Waals surface area (Å²) in [6.07, 6.45) is -4.35. The van der Waals surface area contributed by atoms with Crippen molar-refractivity contribution >= 4 is 23.1 Å². The van der Waals surface area contributed by atoms with Crippen LogP contribution in [0, 0.1) is 6.92 Å². The first kappa shape index (κ1) is 18.3. The number of hydrogen-bond acceptors (Lipinski definition) is 2. The maximum absolute atomic E-state index is 12.8. The molecule has 2 N–H and O–H groups in total. The topological polar surface area (TPSA) is 41.9 Å². The summed E-state index contributed by atoms with van der Waals surface area (Å²) in [4.78, 5) is 0. The van der Waals surface area contributed by atoms with Crippen LogP contribution in [0.3, 0.4) is 0 Å². The highest BCUT2D eigenvalue weighted by atomic mass is 32.1. The van der Waals surface area contributed by atoms with Crippen molar-refractivity contribution in [1.29, 1.82) is 0 Å². The summed E-state index contributed by atoms with van der Waals surface area (Å²) in [6.45, 7) is 6.02. The summed E-state index contributed by atoms with van der Waals surface area (Å²) in [5, 5.41) is 10.8. The van der Waals surface area contributed by atoms with E-state index in [0.29, 0.717) is 16.5 Å². The highest BCUT2D eigenvalue weighted by Crippen LogP contribution is 2.29. The second-order valence-electron chi connectivity index (χ2n) is 5.78. The zero-order chi connectivity index (χ0) is 17.9. The summed E-state index contributed by atoms with van der Waals surface area (Å²) in [6, 6.07) is 7.23. The van der Waals surface area contributed by atoms with Gasteiger partial charge in [-0.15, -0.1) is 0 Å². The van der Waals surface area contributed by atoms with Crippen LogP contribution in [0.4, 0.5) is 19.0 Å². The van der Waals surface area contributed by atoms with Gasteiger partial charge in [0.1, 0.15) is 0 Å². The van der Waals surface area contributed by atoms with E-state index in [1.165, 1.54) is 6.07 Å².